The Morgan fingerprint density at radius 1 is 0.974 bits per heavy atom. The number of benzene rings is 1. The Balaban J connectivity index is 0.000000301. The van der Waals surface area contributed by atoms with Crippen LogP contribution in [0.25, 0.3) is 0 Å². The SMILES string of the molecule is Fc1cccc(N2CCCC3(CN(Cc4ccoc4)CCO3)C2)c1.O=C(O)C(F)(F)F.O=C(O)C(F)(F)F. The van der Waals surface area contributed by atoms with Gasteiger partial charge in [0.15, 0.2) is 0 Å². The third-order valence-corrected chi connectivity index (χ3v) is 5.51. The van der Waals surface area contributed by atoms with Crippen LogP contribution in [0.5, 0.6) is 0 Å². The number of piperidine rings is 1. The van der Waals surface area contributed by atoms with Crippen LogP contribution in [0.15, 0.2) is 47.3 Å². The van der Waals surface area contributed by atoms with Crippen molar-refractivity contribution in [2.45, 2.75) is 37.3 Å². The minimum atomic E-state index is -5.08. The van der Waals surface area contributed by atoms with E-state index in [0.717, 1.165) is 57.9 Å². The Hall–Kier alpha value is -3.33. The number of morpholine rings is 1. The summed E-state index contributed by atoms with van der Waals surface area (Å²) in [7, 11) is 0. The van der Waals surface area contributed by atoms with Crippen molar-refractivity contribution in [3.8, 4) is 0 Å². The summed E-state index contributed by atoms with van der Waals surface area (Å²) in [5.74, 6) is -5.70. The molecular weight excluding hydrogens is 533 g/mol. The van der Waals surface area contributed by atoms with Crippen molar-refractivity contribution in [1.29, 1.82) is 0 Å². The van der Waals surface area contributed by atoms with Crippen molar-refractivity contribution in [2.24, 2.45) is 0 Å². The number of hydrogen-bond acceptors (Lipinski definition) is 6. The Kier molecular flexibility index (Phi) is 10.5. The van der Waals surface area contributed by atoms with Gasteiger partial charge in [0.2, 0.25) is 0 Å². The highest BCUT2D eigenvalue weighted by Crippen LogP contribution is 2.32. The average molecular weight is 558 g/mol. The number of alkyl halides is 6. The molecule has 2 fully saturated rings. The molecule has 0 amide bonds. The predicted octanol–water partition coefficient (Wildman–Crippen LogP) is 4.56. The molecule has 1 atom stereocenters. The molecule has 15 heteroatoms. The van der Waals surface area contributed by atoms with Gasteiger partial charge in [-0.15, -0.1) is 0 Å². The largest absolute Gasteiger partial charge is 0.490 e. The Labute approximate surface area is 212 Å². The minimum Gasteiger partial charge on any atom is -0.475 e. The normalized spacial score (nSPS) is 20.1. The highest BCUT2D eigenvalue weighted by atomic mass is 19.4. The number of rotatable bonds is 3. The highest BCUT2D eigenvalue weighted by molar-refractivity contribution is 5.73. The molecule has 1 spiro atoms. The van der Waals surface area contributed by atoms with Crippen LogP contribution in [-0.2, 0) is 20.9 Å². The molecule has 0 radical (unpaired) electrons. The molecule has 2 aliphatic heterocycles. The van der Waals surface area contributed by atoms with Gasteiger partial charge in [-0.3, -0.25) is 4.90 Å². The van der Waals surface area contributed by atoms with Crippen LogP contribution in [0.1, 0.15) is 18.4 Å². The van der Waals surface area contributed by atoms with Crippen LogP contribution >= 0.6 is 0 Å². The first-order chi connectivity index (χ1) is 17.6. The van der Waals surface area contributed by atoms with E-state index in [9.17, 15) is 30.7 Å². The maximum Gasteiger partial charge on any atom is 0.490 e. The van der Waals surface area contributed by atoms with Crippen LogP contribution in [0.2, 0.25) is 0 Å². The van der Waals surface area contributed by atoms with Crippen molar-refractivity contribution in [3.05, 3.63) is 54.2 Å². The molecule has 3 heterocycles. The van der Waals surface area contributed by atoms with Gasteiger partial charge in [-0.2, -0.15) is 26.3 Å². The number of halogens is 7. The van der Waals surface area contributed by atoms with E-state index in [2.05, 4.69) is 9.80 Å². The van der Waals surface area contributed by atoms with E-state index in [1.807, 2.05) is 18.4 Å². The summed E-state index contributed by atoms with van der Waals surface area (Å²) in [5.41, 5.74) is 1.99. The zero-order valence-corrected chi connectivity index (χ0v) is 19.8. The molecule has 4 rings (SSSR count). The topological polar surface area (TPSA) is 103 Å². The van der Waals surface area contributed by atoms with E-state index in [0.29, 0.717) is 0 Å². The van der Waals surface area contributed by atoms with Gasteiger partial charge in [0.05, 0.1) is 24.7 Å². The Morgan fingerprint density at radius 3 is 2.13 bits per heavy atom. The van der Waals surface area contributed by atoms with Gasteiger partial charge >= 0.3 is 24.3 Å². The van der Waals surface area contributed by atoms with Crippen LogP contribution in [0.3, 0.4) is 0 Å². The number of aliphatic carboxylic acids is 2. The summed E-state index contributed by atoms with van der Waals surface area (Å²) in [6.07, 6.45) is -4.52. The summed E-state index contributed by atoms with van der Waals surface area (Å²) in [6.45, 7) is 5.25. The molecule has 1 aromatic heterocycles. The number of anilines is 1. The lowest BCUT2D eigenvalue weighted by Crippen LogP contribution is -2.59. The lowest BCUT2D eigenvalue weighted by atomic mass is 9.90. The smallest absolute Gasteiger partial charge is 0.475 e. The van der Waals surface area contributed by atoms with E-state index >= 15 is 0 Å². The van der Waals surface area contributed by atoms with Gasteiger partial charge in [-0.05, 0) is 37.1 Å². The first-order valence-electron chi connectivity index (χ1n) is 11.1. The first kappa shape index (κ1) is 30.9. The van der Waals surface area contributed by atoms with E-state index in [4.69, 9.17) is 29.0 Å². The molecule has 2 saturated heterocycles. The van der Waals surface area contributed by atoms with Crippen molar-refractivity contribution in [2.75, 3.05) is 37.7 Å². The Morgan fingerprint density at radius 2 is 1.61 bits per heavy atom. The van der Waals surface area contributed by atoms with E-state index in [-0.39, 0.29) is 11.4 Å². The number of hydrogen-bond donors (Lipinski definition) is 2. The van der Waals surface area contributed by atoms with Crippen LogP contribution in [-0.4, -0.2) is 77.8 Å². The molecular formula is C23H25F7N2O6. The molecule has 212 valence electrons. The highest BCUT2D eigenvalue weighted by Gasteiger charge is 2.41. The Bertz CT molecular complexity index is 1020. The molecule has 2 aromatic rings. The van der Waals surface area contributed by atoms with Gasteiger partial charge in [0.1, 0.15) is 5.82 Å². The maximum absolute atomic E-state index is 13.6. The molecule has 2 aliphatic rings. The number of furan rings is 1. The molecule has 2 N–H and O–H groups in total. The summed E-state index contributed by atoms with van der Waals surface area (Å²) < 4.78 is 88.4. The summed E-state index contributed by atoms with van der Waals surface area (Å²) in [4.78, 5) is 22.5. The number of nitrogens with zero attached hydrogens (tertiary/aromatic N) is 2. The molecule has 1 unspecified atom stereocenters. The molecule has 1 aromatic carbocycles. The van der Waals surface area contributed by atoms with E-state index in [1.165, 1.54) is 11.6 Å². The molecule has 0 saturated carbocycles. The van der Waals surface area contributed by atoms with Crippen LogP contribution in [0, 0.1) is 5.82 Å². The lowest BCUT2D eigenvalue weighted by Gasteiger charge is -2.48. The summed E-state index contributed by atoms with van der Waals surface area (Å²) >= 11 is 0. The number of carbonyl (C=O) groups is 2. The second-order valence-electron chi connectivity index (χ2n) is 8.48. The fraction of sp³-hybridized carbons (Fsp3) is 0.478. The van der Waals surface area contributed by atoms with Gasteiger partial charge in [0.25, 0.3) is 0 Å². The second kappa shape index (κ2) is 13.0. The monoisotopic (exact) mass is 558 g/mol. The number of carboxylic acid groups (broad SMARTS) is 2. The zero-order valence-electron chi connectivity index (χ0n) is 19.8. The van der Waals surface area contributed by atoms with Crippen LogP contribution < -0.4 is 4.90 Å². The van der Waals surface area contributed by atoms with E-state index < -0.39 is 24.3 Å². The van der Waals surface area contributed by atoms with Crippen molar-refractivity contribution in [1.82, 2.24) is 4.90 Å². The van der Waals surface area contributed by atoms with Gasteiger partial charge < -0.3 is 24.3 Å². The van der Waals surface area contributed by atoms with Gasteiger partial charge in [-0.25, -0.2) is 14.0 Å². The quantitative estimate of drug-likeness (QED) is 0.529. The third-order valence-electron chi connectivity index (χ3n) is 5.51. The molecule has 0 aliphatic carbocycles. The maximum atomic E-state index is 13.6. The molecule has 0 bridgehead atoms. The van der Waals surface area contributed by atoms with Crippen molar-refractivity contribution >= 4 is 17.6 Å². The number of carboxylic acids is 2. The predicted molar refractivity (Wildman–Crippen MR) is 118 cm³/mol. The first-order valence-corrected chi connectivity index (χ1v) is 11.1. The fourth-order valence-corrected chi connectivity index (χ4v) is 3.94. The van der Waals surface area contributed by atoms with Gasteiger partial charge in [0, 0.05) is 44.0 Å². The van der Waals surface area contributed by atoms with Crippen LogP contribution in [0.4, 0.5) is 36.4 Å². The summed E-state index contributed by atoms with van der Waals surface area (Å²) in [6, 6.07) is 8.88. The second-order valence-corrected chi connectivity index (χ2v) is 8.48. The zero-order chi connectivity index (χ0) is 28.6. The fourth-order valence-electron chi connectivity index (χ4n) is 3.94. The lowest BCUT2D eigenvalue weighted by molar-refractivity contribution is -0.193. The van der Waals surface area contributed by atoms with E-state index in [1.54, 1.807) is 18.4 Å². The van der Waals surface area contributed by atoms with Crippen molar-refractivity contribution in [3.63, 3.8) is 0 Å². The molecule has 38 heavy (non-hydrogen) atoms. The summed E-state index contributed by atoms with van der Waals surface area (Å²) in [5, 5.41) is 14.2. The number of ether oxygens (including phenoxy) is 1. The average Bonchev–Trinajstić information content (AvgIpc) is 3.32. The van der Waals surface area contributed by atoms with Crippen molar-refractivity contribution < 1.29 is 59.7 Å². The minimum absolute atomic E-state index is 0.160. The van der Waals surface area contributed by atoms with Gasteiger partial charge in [-0.1, -0.05) is 6.07 Å². The standard InChI is InChI=1S/C19H23FN2O2.2C2HF3O2/c20-17-3-1-4-18(11-17)22-7-2-6-19(15-22)14-21(8-10-24-19)12-16-5-9-23-13-16;2*3-2(4,5)1(6)7/h1,3-5,9,11,13H,2,6-8,10,12,14-15H2;2*(H,6,7). The molecule has 8 nitrogen and oxygen atoms in total. The third kappa shape index (κ3) is 9.85.